The standard InChI is InChI=1S/C17H11BrN2O4/c1-23-16(21)12(8-19)5-11-3-2-4-15(6-11)24-17(22)13-7-14(18)10-20-9-13/h2-7,9-10H,1H3/b12-5+. The number of rotatable bonds is 4. The van der Waals surface area contributed by atoms with Crippen LogP contribution in [0.25, 0.3) is 6.08 Å². The lowest BCUT2D eigenvalue weighted by Gasteiger charge is -2.05. The molecule has 1 aromatic heterocycles. The fraction of sp³-hybridized carbons (Fsp3) is 0.0588. The normalized spacial score (nSPS) is 10.6. The van der Waals surface area contributed by atoms with Crippen molar-refractivity contribution in [3.8, 4) is 11.8 Å². The lowest BCUT2D eigenvalue weighted by Crippen LogP contribution is -2.09. The first-order valence-corrected chi connectivity index (χ1v) is 7.45. The molecule has 2 aromatic rings. The van der Waals surface area contributed by atoms with Crippen LogP contribution in [-0.2, 0) is 9.53 Å². The number of nitriles is 1. The SMILES string of the molecule is COC(=O)/C(C#N)=C/c1cccc(OC(=O)c2cncc(Br)c2)c1. The summed E-state index contributed by atoms with van der Waals surface area (Å²) in [6.07, 6.45) is 4.30. The van der Waals surface area contributed by atoms with Crippen LogP contribution >= 0.6 is 15.9 Å². The van der Waals surface area contributed by atoms with E-state index >= 15 is 0 Å². The van der Waals surface area contributed by atoms with Gasteiger partial charge in [-0.05, 0) is 45.8 Å². The van der Waals surface area contributed by atoms with Crippen LogP contribution < -0.4 is 4.74 Å². The number of aromatic nitrogens is 1. The molecule has 1 aromatic carbocycles. The Kier molecular flexibility index (Phi) is 5.82. The summed E-state index contributed by atoms with van der Waals surface area (Å²) < 4.78 is 10.4. The Morgan fingerprint density at radius 1 is 1.29 bits per heavy atom. The van der Waals surface area contributed by atoms with Crippen molar-refractivity contribution < 1.29 is 19.1 Å². The van der Waals surface area contributed by atoms with Gasteiger partial charge in [-0.15, -0.1) is 0 Å². The molecule has 0 N–H and O–H groups in total. The molecular weight excluding hydrogens is 376 g/mol. The molecule has 0 aliphatic rings. The fourth-order valence-electron chi connectivity index (χ4n) is 1.77. The van der Waals surface area contributed by atoms with Gasteiger partial charge < -0.3 is 9.47 Å². The maximum absolute atomic E-state index is 12.1. The highest BCUT2D eigenvalue weighted by Crippen LogP contribution is 2.18. The van der Waals surface area contributed by atoms with Gasteiger partial charge in [0.15, 0.2) is 0 Å². The summed E-state index contributed by atoms with van der Waals surface area (Å²) in [5, 5.41) is 8.96. The van der Waals surface area contributed by atoms with E-state index in [1.165, 1.54) is 25.4 Å². The van der Waals surface area contributed by atoms with E-state index in [1.54, 1.807) is 36.5 Å². The number of nitrogens with zero attached hydrogens (tertiary/aromatic N) is 2. The summed E-state index contributed by atoms with van der Waals surface area (Å²) in [6, 6.07) is 9.77. The monoisotopic (exact) mass is 386 g/mol. The van der Waals surface area contributed by atoms with Crippen molar-refractivity contribution in [1.82, 2.24) is 4.98 Å². The van der Waals surface area contributed by atoms with Crippen molar-refractivity contribution in [1.29, 1.82) is 5.26 Å². The Hall–Kier alpha value is -2.98. The zero-order valence-corrected chi connectivity index (χ0v) is 14.1. The highest BCUT2D eigenvalue weighted by molar-refractivity contribution is 9.10. The van der Waals surface area contributed by atoms with E-state index in [0.29, 0.717) is 10.0 Å². The van der Waals surface area contributed by atoms with Crippen LogP contribution in [-0.4, -0.2) is 24.0 Å². The Labute approximate surface area is 146 Å². The number of esters is 2. The second kappa shape index (κ2) is 8.04. The van der Waals surface area contributed by atoms with Gasteiger partial charge in [0, 0.05) is 16.9 Å². The predicted molar refractivity (Wildman–Crippen MR) is 88.9 cm³/mol. The predicted octanol–water partition coefficient (Wildman–Crippen LogP) is 3.14. The van der Waals surface area contributed by atoms with Crippen molar-refractivity contribution in [2.75, 3.05) is 7.11 Å². The molecule has 0 unspecified atom stereocenters. The molecule has 0 saturated heterocycles. The Morgan fingerprint density at radius 2 is 2.08 bits per heavy atom. The summed E-state index contributed by atoms with van der Waals surface area (Å²) in [6.45, 7) is 0. The van der Waals surface area contributed by atoms with Gasteiger partial charge in [0.05, 0.1) is 12.7 Å². The van der Waals surface area contributed by atoms with Gasteiger partial charge in [0.1, 0.15) is 17.4 Å². The van der Waals surface area contributed by atoms with Crippen LogP contribution in [0.4, 0.5) is 0 Å². The van der Waals surface area contributed by atoms with Crippen LogP contribution in [0.3, 0.4) is 0 Å². The Morgan fingerprint density at radius 3 is 2.75 bits per heavy atom. The molecule has 0 atom stereocenters. The van der Waals surface area contributed by atoms with E-state index in [-0.39, 0.29) is 16.9 Å². The topological polar surface area (TPSA) is 89.3 Å². The third kappa shape index (κ3) is 4.51. The summed E-state index contributed by atoms with van der Waals surface area (Å²) in [7, 11) is 1.19. The Balaban J connectivity index is 2.22. The zero-order valence-electron chi connectivity index (χ0n) is 12.5. The average Bonchev–Trinajstić information content (AvgIpc) is 2.59. The third-order valence-corrected chi connectivity index (χ3v) is 3.28. The largest absolute Gasteiger partial charge is 0.465 e. The van der Waals surface area contributed by atoms with E-state index in [0.717, 1.165) is 0 Å². The molecule has 0 saturated carbocycles. The second-order valence-electron chi connectivity index (χ2n) is 4.52. The van der Waals surface area contributed by atoms with Crippen molar-refractivity contribution >= 4 is 33.9 Å². The van der Waals surface area contributed by atoms with Crippen molar-refractivity contribution in [3.05, 3.63) is 63.9 Å². The van der Waals surface area contributed by atoms with Gasteiger partial charge in [0.2, 0.25) is 0 Å². The van der Waals surface area contributed by atoms with Crippen LogP contribution in [0.2, 0.25) is 0 Å². The summed E-state index contributed by atoms with van der Waals surface area (Å²) in [5.74, 6) is -1.03. The number of pyridine rings is 1. The maximum atomic E-state index is 12.1. The van der Waals surface area contributed by atoms with Crippen LogP contribution in [0.1, 0.15) is 15.9 Å². The van der Waals surface area contributed by atoms with Crippen LogP contribution in [0.15, 0.2) is 52.8 Å². The van der Waals surface area contributed by atoms with E-state index < -0.39 is 11.9 Å². The average molecular weight is 387 g/mol. The minimum Gasteiger partial charge on any atom is -0.465 e. The van der Waals surface area contributed by atoms with Gasteiger partial charge in [-0.25, -0.2) is 9.59 Å². The number of halogens is 1. The highest BCUT2D eigenvalue weighted by Gasteiger charge is 2.11. The number of hydrogen-bond donors (Lipinski definition) is 0. The third-order valence-electron chi connectivity index (χ3n) is 2.85. The van der Waals surface area contributed by atoms with Crippen molar-refractivity contribution in [2.45, 2.75) is 0 Å². The number of ether oxygens (including phenoxy) is 2. The second-order valence-corrected chi connectivity index (χ2v) is 5.43. The van der Waals surface area contributed by atoms with Crippen LogP contribution in [0, 0.1) is 11.3 Å². The van der Waals surface area contributed by atoms with E-state index in [9.17, 15) is 9.59 Å². The van der Waals surface area contributed by atoms with Gasteiger partial charge in [-0.2, -0.15) is 5.26 Å². The molecule has 1 heterocycles. The molecule has 6 nitrogen and oxygen atoms in total. The van der Waals surface area contributed by atoms with E-state index in [2.05, 4.69) is 25.7 Å². The molecule has 0 amide bonds. The molecule has 0 fully saturated rings. The highest BCUT2D eigenvalue weighted by atomic mass is 79.9. The fourth-order valence-corrected chi connectivity index (χ4v) is 2.14. The molecule has 0 aliphatic heterocycles. The first-order chi connectivity index (χ1) is 11.5. The number of methoxy groups -OCH3 is 1. The van der Waals surface area contributed by atoms with Crippen LogP contribution in [0.5, 0.6) is 5.75 Å². The molecule has 0 radical (unpaired) electrons. The first kappa shape index (κ1) is 17.4. The van der Waals surface area contributed by atoms with Crippen molar-refractivity contribution in [3.63, 3.8) is 0 Å². The molecule has 2 rings (SSSR count). The zero-order chi connectivity index (χ0) is 17.5. The molecule has 0 aliphatic carbocycles. The molecule has 0 spiro atoms. The van der Waals surface area contributed by atoms with Gasteiger partial charge in [-0.3, -0.25) is 4.98 Å². The maximum Gasteiger partial charge on any atom is 0.348 e. The summed E-state index contributed by atoms with van der Waals surface area (Å²) >= 11 is 3.23. The Bertz CT molecular complexity index is 856. The quantitative estimate of drug-likeness (QED) is 0.347. The van der Waals surface area contributed by atoms with Crippen molar-refractivity contribution in [2.24, 2.45) is 0 Å². The minimum absolute atomic E-state index is 0.155. The number of carbonyl (C=O) groups excluding carboxylic acids is 2. The molecular formula is C17H11BrN2O4. The van der Waals surface area contributed by atoms with E-state index in [1.807, 2.05) is 0 Å². The van der Waals surface area contributed by atoms with E-state index in [4.69, 9.17) is 10.00 Å². The number of hydrogen-bond acceptors (Lipinski definition) is 6. The summed E-state index contributed by atoms with van der Waals surface area (Å²) in [4.78, 5) is 27.4. The smallest absolute Gasteiger partial charge is 0.348 e. The molecule has 24 heavy (non-hydrogen) atoms. The molecule has 7 heteroatoms. The van der Waals surface area contributed by atoms with Gasteiger partial charge in [0.25, 0.3) is 0 Å². The molecule has 0 bridgehead atoms. The molecule has 120 valence electrons. The number of benzene rings is 1. The first-order valence-electron chi connectivity index (χ1n) is 6.66. The van der Waals surface area contributed by atoms with Gasteiger partial charge in [-0.1, -0.05) is 12.1 Å². The lowest BCUT2D eigenvalue weighted by molar-refractivity contribution is -0.135. The summed E-state index contributed by atoms with van der Waals surface area (Å²) in [5.41, 5.74) is 0.657. The number of carbonyl (C=O) groups is 2. The minimum atomic E-state index is -0.736. The van der Waals surface area contributed by atoms with Gasteiger partial charge >= 0.3 is 11.9 Å². The lowest BCUT2D eigenvalue weighted by atomic mass is 10.1.